The van der Waals surface area contributed by atoms with Gasteiger partial charge in [0.2, 0.25) is 0 Å². The number of piperazine rings is 1. The number of carbonyl (C=O) groups excluding carboxylic acids is 1. The van der Waals surface area contributed by atoms with Crippen LogP contribution in [0.25, 0.3) is 0 Å². The van der Waals surface area contributed by atoms with E-state index in [0.29, 0.717) is 17.6 Å². The van der Waals surface area contributed by atoms with Crippen LogP contribution in [0.3, 0.4) is 0 Å². The summed E-state index contributed by atoms with van der Waals surface area (Å²) in [5.41, 5.74) is 0.886. The highest BCUT2D eigenvalue weighted by Crippen LogP contribution is 2.22. The molecule has 2 heterocycles. The molecule has 2 amide bonds. The second kappa shape index (κ2) is 5.60. The Morgan fingerprint density at radius 2 is 2.05 bits per heavy atom. The largest absolute Gasteiger partial charge is 0.323 e. The third-order valence-electron chi connectivity index (χ3n) is 3.98. The van der Waals surface area contributed by atoms with Crippen LogP contribution in [0.5, 0.6) is 0 Å². The van der Waals surface area contributed by atoms with Crippen LogP contribution in [0.4, 0.5) is 10.5 Å². The molecule has 0 saturated carbocycles. The molecule has 2 unspecified atom stereocenters. The van der Waals surface area contributed by atoms with E-state index in [1.165, 1.54) is 0 Å². The molecule has 0 aromatic heterocycles. The van der Waals surface area contributed by atoms with Gasteiger partial charge in [0.1, 0.15) is 6.17 Å². The van der Waals surface area contributed by atoms with Gasteiger partial charge >= 0.3 is 6.03 Å². The second-order valence-electron chi connectivity index (χ2n) is 5.34. The van der Waals surface area contributed by atoms with E-state index < -0.39 is 0 Å². The van der Waals surface area contributed by atoms with Crippen molar-refractivity contribution in [3.63, 3.8) is 0 Å². The van der Waals surface area contributed by atoms with Gasteiger partial charge in [0.25, 0.3) is 0 Å². The molecule has 0 radical (unpaired) electrons. The van der Waals surface area contributed by atoms with E-state index in [1.54, 1.807) is 4.90 Å². The fraction of sp³-hybridized carbons (Fsp3) is 0.500. The molecule has 0 aliphatic carbocycles. The van der Waals surface area contributed by atoms with E-state index in [4.69, 9.17) is 11.6 Å². The Morgan fingerprint density at radius 1 is 1.30 bits per heavy atom. The average molecular weight is 295 g/mol. The molecule has 2 aliphatic rings. The van der Waals surface area contributed by atoms with Crippen LogP contribution in [0, 0.1) is 0 Å². The number of carbonyl (C=O) groups is 1. The van der Waals surface area contributed by atoms with Crippen molar-refractivity contribution in [1.29, 1.82) is 0 Å². The van der Waals surface area contributed by atoms with Crippen LogP contribution in [0.1, 0.15) is 6.92 Å². The molecule has 1 aromatic carbocycles. The summed E-state index contributed by atoms with van der Waals surface area (Å²) in [6, 6.07) is 7.77. The molecule has 0 bridgehead atoms. The van der Waals surface area contributed by atoms with Crippen LogP contribution in [0.15, 0.2) is 24.3 Å². The Labute approximate surface area is 123 Å². The lowest BCUT2D eigenvalue weighted by atomic mass is 10.2. The maximum atomic E-state index is 12.2. The predicted molar refractivity (Wildman–Crippen MR) is 80.2 cm³/mol. The third kappa shape index (κ3) is 2.61. The number of rotatable bonds is 2. The first-order valence-corrected chi connectivity index (χ1v) is 7.33. The van der Waals surface area contributed by atoms with Crippen molar-refractivity contribution in [3.8, 4) is 0 Å². The number of nitrogens with zero attached hydrogens (tertiary/aromatic N) is 2. The average Bonchev–Trinajstić information content (AvgIpc) is 2.82. The summed E-state index contributed by atoms with van der Waals surface area (Å²) in [4.78, 5) is 16.3. The standard InChI is InChI=1S/C14H19ClN4O/c1-10-8-16-6-7-18(10)13-9-19(14(20)17-13)12-4-2-11(15)3-5-12/h2-5,10,13,16H,6-9H2,1H3,(H,17,20). The molecular formula is C14H19ClN4O. The van der Waals surface area contributed by atoms with Crippen LogP contribution >= 0.6 is 11.6 Å². The second-order valence-corrected chi connectivity index (χ2v) is 5.78. The van der Waals surface area contributed by atoms with Gasteiger partial charge in [-0.3, -0.25) is 9.80 Å². The molecule has 5 nitrogen and oxygen atoms in total. The SMILES string of the molecule is CC1CNCCN1C1CN(c2ccc(Cl)cc2)C(=O)N1. The molecule has 1 aromatic rings. The van der Waals surface area contributed by atoms with E-state index in [9.17, 15) is 4.79 Å². The summed E-state index contributed by atoms with van der Waals surface area (Å²) in [6.45, 7) is 5.75. The summed E-state index contributed by atoms with van der Waals surface area (Å²) >= 11 is 5.89. The molecule has 0 spiro atoms. The summed E-state index contributed by atoms with van der Waals surface area (Å²) in [5.74, 6) is 0. The van der Waals surface area contributed by atoms with Gasteiger partial charge < -0.3 is 10.6 Å². The quantitative estimate of drug-likeness (QED) is 0.869. The van der Waals surface area contributed by atoms with Gasteiger partial charge in [0.15, 0.2) is 0 Å². The molecule has 20 heavy (non-hydrogen) atoms. The molecule has 3 rings (SSSR count). The van der Waals surface area contributed by atoms with E-state index in [-0.39, 0.29) is 12.2 Å². The highest BCUT2D eigenvalue weighted by atomic mass is 35.5. The summed E-state index contributed by atoms with van der Waals surface area (Å²) < 4.78 is 0. The van der Waals surface area contributed by atoms with Crippen molar-refractivity contribution < 1.29 is 4.79 Å². The minimum absolute atomic E-state index is 0.0388. The smallest absolute Gasteiger partial charge is 0.320 e. The monoisotopic (exact) mass is 294 g/mol. The Balaban J connectivity index is 1.73. The van der Waals surface area contributed by atoms with Crippen molar-refractivity contribution in [3.05, 3.63) is 29.3 Å². The fourth-order valence-electron chi connectivity index (χ4n) is 2.87. The van der Waals surface area contributed by atoms with Crippen molar-refractivity contribution in [2.24, 2.45) is 0 Å². The van der Waals surface area contributed by atoms with E-state index in [0.717, 1.165) is 25.3 Å². The number of urea groups is 1. The van der Waals surface area contributed by atoms with Gasteiger partial charge in [-0.1, -0.05) is 11.6 Å². The number of amides is 2. The summed E-state index contributed by atoms with van der Waals surface area (Å²) in [7, 11) is 0. The molecule has 2 atom stereocenters. The van der Waals surface area contributed by atoms with E-state index in [1.807, 2.05) is 24.3 Å². The lowest BCUT2D eigenvalue weighted by Gasteiger charge is -2.37. The first kappa shape index (κ1) is 13.7. The molecule has 2 saturated heterocycles. The van der Waals surface area contributed by atoms with Gasteiger partial charge in [-0.25, -0.2) is 4.79 Å². The zero-order valence-electron chi connectivity index (χ0n) is 11.5. The zero-order chi connectivity index (χ0) is 14.1. The predicted octanol–water partition coefficient (Wildman–Crippen LogP) is 1.49. The Kier molecular flexibility index (Phi) is 3.83. The zero-order valence-corrected chi connectivity index (χ0v) is 12.2. The first-order chi connectivity index (χ1) is 9.65. The first-order valence-electron chi connectivity index (χ1n) is 6.95. The number of nitrogens with one attached hydrogen (secondary N) is 2. The Bertz CT molecular complexity index is 492. The van der Waals surface area contributed by atoms with Crippen molar-refractivity contribution in [2.75, 3.05) is 31.1 Å². The van der Waals surface area contributed by atoms with Crippen molar-refractivity contribution >= 4 is 23.3 Å². The third-order valence-corrected chi connectivity index (χ3v) is 4.23. The van der Waals surface area contributed by atoms with Crippen LogP contribution in [0.2, 0.25) is 5.02 Å². The maximum absolute atomic E-state index is 12.2. The van der Waals surface area contributed by atoms with Crippen LogP contribution in [-0.4, -0.2) is 49.3 Å². The number of benzene rings is 1. The molecule has 2 N–H and O–H groups in total. The highest BCUT2D eigenvalue weighted by Gasteiger charge is 2.36. The molecular weight excluding hydrogens is 276 g/mol. The summed E-state index contributed by atoms with van der Waals surface area (Å²) in [5, 5.41) is 7.12. The van der Waals surface area contributed by atoms with Gasteiger partial charge in [-0.2, -0.15) is 0 Å². The van der Waals surface area contributed by atoms with Gasteiger partial charge in [-0.05, 0) is 31.2 Å². The molecule has 2 fully saturated rings. The van der Waals surface area contributed by atoms with Crippen LogP contribution < -0.4 is 15.5 Å². The normalized spacial score (nSPS) is 27.7. The number of halogens is 1. The lowest BCUT2D eigenvalue weighted by molar-refractivity contribution is 0.116. The Morgan fingerprint density at radius 3 is 2.75 bits per heavy atom. The van der Waals surface area contributed by atoms with Crippen LogP contribution in [-0.2, 0) is 0 Å². The van der Waals surface area contributed by atoms with E-state index >= 15 is 0 Å². The van der Waals surface area contributed by atoms with Gasteiger partial charge in [0, 0.05) is 36.4 Å². The minimum atomic E-state index is -0.0388. The fourth-order valence-corrected chi connectivity index (χ4v) is 3.00. The topological polar surface area (TPSA) is 47.6 Å². The van der Waals surface area contributed by atoms with Crippen molar-refractivity contribution in [2.45, 2.75) is 19.1 Å². The Hall–Kier alpha value is -1.30. The van der Waals surface area contributed by atoms with Gasteiger partial charge in [-0.15, -0.1) is 0 Å². The molecule has 108 valence electrons. The number of hydrogen-bond acceptors (Lipinski definition) is 3. The van der Waals surface area contributed by atoms with E-state index in [2.05, 4.69) is 22.5 Å². The molecule has 2 aliphatic heterocycles. The molecule has 6 heteroatoms. The number of hydrogen-bond donors (Lipinski definition) is 2. The van der Waals surface area contributed by atoms with Crippen molar-refractivity contribution in [1.82, 2.24) is 15.5 Å². The number of anilines is 1. The maximum Gasteiger partial charge on any atom is 0.323 e. The lowest BCUT2D eigenvalue weighted by Crippen LogP contribution is -2.57. The highest BCUT2D eigenvalue weighted by molar-refractivity contribution is 6.30. The summed E-state index contributed by atoms with van der Waals surface area (Å²) in [6.07, 6.45) is 0.0790. The van der Waals surface area contributed by atoms with Gasteiger partial charge in [0.05, 0.1) is 6.54 Å². The minimum Gasteiger partial charge on any atom is -0.320 e.